The summed E-state index contributed by atoms with van der Waals surface area (Å²) in [6.07, 6.45) is 0. The van der Waals surface area contributed by atoms with Crippen molar-refractivity contribution in [2.45, 2.75) is 6.92 Å². The molecule has 104 valence electrons. The number of anilines is 4. The lowest BCUT2D eigenvalue weighted by atomic mass is 10.2. The summed E-state index contributed by atoms with van der Waals surface area (Å²) in [6.45, 7) is 1.99. The van der Waals surface area contributed by atoms with E-state index in [1.165, 1.54) is 0 Å². The topological polar surface area (TPSA) is 122 Å². The van der Waals surface area contributed by atoms with Crippen molar-refractivity contribution in [3.05, 3.63) is 40.2 Å². The van der Waals surface area contributed by atoms with Crippen LogP contribution in [0.2, 0.25) is 0 Å². The molecule has 0 aliphatic carbocycles. The number of aromatic amines is 1. The summed E-state index contributed by atoms with van der Waals surface area (Å²) in [5, 5.41) is 5.88. The summed E-state index contributed by atoms with van der Waals surface area (Å²) in [6, 6.07) is 7.63. The van der Waals surface area contributed by atoms with Crippen molar-refractivity contribution in [3.63, 3.8) is 0 Å². The lowest BCUT2D eigenvalue weighted by molar-refractivity contribution is 1.15. The highest BCUT2D eigenvalue weighted by Gasteiger charge is 2.09. The van der Waals surface area contributed by atoms with Crippen LogP contribution < -0.4 is 27.7 Å². The van der Waals surface area contributed by atoms with Crippen molar-refractivity contribution >= 4 is 40.5 Å². The van der Waals surface area contributed by atoms with Crippen molar-refractivity contribution < 1.29 is 0 Å². The minimum atomic E-state index is -0.483. The average Bonchev–Trinajstić information content (AvgIpc) is 2.36. The van der Waals surface area contributed by atoms with Gasteiger partial charge in [0.1, 0.15) is 5.69 Å². The predicted molar refractivity (Wildman–Crippen MR) is 84.7 cm³/mol. The number of aromatic nitrogens is 2. The first kappa shape index (κ1) is 13.8. The van der Waals surface area contributed by atoms with Crippen LogP contribution in [-0.2, 0) is 0 Å². The largest absolute Gasteiger partial charge is 0.382 e. The number of nitrogen functional groups attached to an aromatic ring is 2. The molecule has 7 nitrogen and oxygen atoms in total. The van der Waals surface area contributed by atoms with Crippen LogP contribution >= 0.6 is 12.2 Å². The molecule has 0 saturated heterocycles. The molecule has 1 aromatic heterocycles. The molecule has 2 rings (SSSR count). The number of nitrogens with zero attached hydrogens (tertiary/aromatic N) is 1. The average molecular weight is 290 g/mol. The smallest absolute Gasteiger partial charge is 0.278 e. The molecular weight excluding hydrogens is 276 g/mol. The van der Waals surface area contributed by atoms with Gasteiger partial charge in [-0.25, -0.2) is 0 Å². The van der Waals surface area contributed by atoms with Crippen LogP contribution in [0.4, 0.5) is 23.1 Å². The summed E-state index contributed by atoms with van der Waals surface area (Å²) < 4.78 is 0. The third-order valence-electron chi connectivity index (χ3n) is 2.51. The third-order valence-corrected chi connectivity index (χ3v) is 2.72. The number of aryl methyl sites for hydroxylation is 1. The summed E-state index contributed by atoms with van der Waals surface area (Å²) in [4.78, 5) is 17.8. The van der Waals surface area contributed by atoms with E-state index in [1.807, 2.05) is 31.2 Å². The Kier molecular flexibility index (Phi) is 3.85. The van der Waals surface area contributed by atoms with Gasteiger partial charge in [-0.15, -0.1) is 0 Å². The first-order valence-electron chi connectivity index (χ1n) is 5.75. The highest BCUT2D eigenvalue weighted by atomic mass is 32.1. The summed E-state index contributed by atoms with van der Waals surface area (Å²) in [5.41, 5.74) is 12.5. The Morgan fingerprint density at radius 1 is 1.25 bits per heavy atom. The second-order valence-electron chi connectivity index (χ2n) is 4.16. The first-order valence-corrected chi connectivity index (χ1v) is 6.16. The molecule has 0 aliphatic rings. The van der Waals surface area contributed by atoms with Gasteiger partial charge in [0, 0.05) is 5.69 Å². The Labute approximate surface area is 120 Å². The maximum absolute atomic E-state index is 11.7. The molecule has 0 amide bonds. The van der Waals surface area contributed by atoms with Gasteiger partial charge in [0.2, 0.25) is 5.95 Å². The third kappa shape index (κ3) is 3.23. The fraction of sp³-hybridized carbons (Fsp3) is 0.0833. The predicted octanol–water partition coefficient (Wildman–Crippen LogP) is 1.05. The fourth-order valence-corrected chi connectivity index (χ4v) is 1.76. The molecule has 7 N–H and O–H groups in total. The SMILES string of the molecule is Cc1ccc(NC(=S)Nc2c(N)nc(N)[nH]c2=O)cc1. The zero-order valence-corrected chi connectivity index (χ0v) is 11.5. The maximum Gasteiger partial charge on any atom is 0.278 e. The number of nitrogens with two attached hydrogens (primary N) is 2. The number of thiocarbonyl (C=S) groups is 1. The molecule has 0 unspecified atom stereocenters. The normalized spacial score (nSPS) is 10.1. The summed E-state index contributed by atoms with van der Waals surface area (Å²) in [5.74, 6) is -0.0604. The molecule has 0 saturated carbocycles. The second kappa shape index (κ2) is 5.57. The molecule has 0 fully saturated rings. The molecule has 0 aliphatic heterocycles. The van der Waals surface area contributed by atoms with Gasteiger partial charge in [0.25, 0.3) is 5.56 Å². The van der Waals surface area contributed by atoms with Gasteiger partial charge in [0.15, 0.2) is 10.9 Å². The van der Waals surface area contributed by atoms with Gasteiger partial charge < -0.3 is 22.1 Å². The summed E-state index contributed by atoms with van der Waals surface area (Å²) in [7, 11) is 0. The molecule has 1 heterocycles. The standard InChI is InChI=1S/C12H14N6OS/c1-6-2-4-7(5-3-6)15-12(20)16-8-9(13)17-11(14)18-10(8)19/h2-5H,1H3,(H2,15,16,20)(H5,13,14,17,18,19). The number of rotatable bonds is 2. The number of H-pyrrole nitrogens is 1. The van der Waals surface area contributed by atoms with E-state index >= 15 is 0 Å². The molecule has 2 aromatic rings. The van der Waals surface area contributed by atoms with Crippen molar-refractivity contribution in [2.75, 3.05) is 22.1 Å². The Morgan fingerprint density at radius 3 is 2.50 bits per heavy atom. The highest BCUT2D eigenvalue weighted by Crippen LogP contribution is 2.12. The van der Waals surface area contributed by atoms with Gasteiger partial charge in [0.05, 0.1) is 0 Å². The van der Waals surface area contributed by atoms with Crippen LogP contribution in [0.3, 0.4) is 0 Å². The van der Waals surface area contributed by atoms with Gasteiger partial charge in [-0.1, -0.05) is 17.7 Å². The van der Waals surface area contributed by atoms with Gasteiger partial charge in [-0.3, -0.25) is 9.78 Å². The molecular formula is C12H14N6OS. The molecule has 0 atom stereocenters. The Bertz CT molecular complexity index is 694. The van der Waals surface area contributed by atoms with Crippen molar-refractivity contribution in [1.82, 2.24) is 9.97 Å². The maximum atomic E-state index is 11.7. The quantitative estimate of drug-likeness (QED) is 0.524. The van der Waals surface area contributed by atoms with E-state index in [0.717, 1.165) is 11.3 Å². The monoisotopic (exact) mass is 290 g/mol. The zero-order chi connectivity index (χ0) is 14.7. The lowest BCUT2D eigenvalue weighted by Crippen LogP contribution is -2.26. The van der Waals surface area contributed by atoms with Crippen LogP contribution in [-0.4, -0.2) is 15.1 Å². The van der Waals surface area contributed by atoms with Gasteiger partial charge in [-0.2, -0.15) is 4.98 Å². The van der Waals surface area contributed by atoms with E-state index in [2.05, 4.69) is 20.6 Å². The van der Waals surface area contributed by atoms with Gasteiger partial charge >= 0.3 is 0 Å². The number of nitrogens with one attached hydrogen (secondary N) is 3. The zero-order valence-electron chi connectivity index (χ0n) is 10.7. The van der Waals surface area contributed by atoms with E-state index in [1.54, 1.807) is 0 Å². The second-order valence-corrected chi connectivity index (χ2v) is 4.56. The number of hydrogen-bond donors (Lipinski definition) is 5. The summed E-state index contributed by atoms with van der Waals surface area (Å²) >= 11 is 5.11. The van der Waals surface area contributed by atoms with E-state index < -0.39 is 5.56 Å². The van der Waals surface area contributed by atoms with Crippen molar-refractivity contribution in [1.29, 1.82) is 0 Å². The van der Waals surface area contributed by atoms with Crippen LogP contribution in [0.25, 0.3) is 0 Å². The number of benzene rings is 1. The van der Waals surface area contributed by atoms with E-state index in [4.69, 9.17) is 23.7 Å². The van der Waals surface area contributed by atoms with E-state index in [9.17, 15) is 4.79 Å². The minimum absolute atomic E-state index is 0.0145. The molecule has 1 aromatic carbocycles. The molecule has 20 heavy (non-hydrogen) atoms. The molecule has 8 heteroatoms. The Balaban J connectivity index is 2.12. The van der Waals surface area contributed by atoms with Gasteiger partial charge in [-0.05, 0) is 31.3 Å². The van der Waals surface area contributed by atoms with Crippen LogP contribution in [0, 0.1) is 6.92 Å². The molecule has 0 bridgehead atoms. The highest BCUT2D eigenvalue weighted by molar-refractivity contribution is 7.80. The number of hydrogen-bond acceptors (Lipinski definition) is 5. The van der Waals surface area contributed by atoms with Crippen LogP contribution in [0.1, 0.15) is 5.56 Å². The molecule has 0 radical (unpaired) electrons. The Hall–Kier alpha value is -2.61. The lowest BCUT2D eigenvalue weighted by Gasteiger charge is -2.11. The van der Waals surface area contributed by atoms with Crippen LogP contribution in [0.5, 0.6) is 0 Å². The van der Waals surface area contributed by atoms with Crippen molar-refractivity contribution in [2.24, 2.45) is 0 Å². The van der Waals surface area contributed by atoms with Crippen LogP contribution in [0.15, 0.2) is 29.1 Å². The molecule has 0 spiro atoms. The fourth-order valence-electron chi connectivity index (χ4n) is 1.54. The van der Waals surface area contributed by atoms with Crippen molar-refractivity contribution in [3.8, 4) is 0 Å². The van der Waals surface area contributed by atoms with E-state index in [0.29, 0.717) is 0 Å². The Morgan fingerprint density at radius 2 is 1.90 bits per heavy atom. The first-order chi connectivity index (χ1) is 9.45. The van der Waals surface area contributed by atoms with E-state index in [-0.39, 0.29) is 22.6 Å². The minimum Gasteiger partial charge on any atom is -0.382 e.